The van der Waals surface area contributed by atoms with Gasteiger partial charge in [0.2, 0.25) is 11.8 Å². The molecule has 2 fully saturated rings. The molecule has 160 valence electrons. The number of hydrogen-bond acceptors (Lipinski definition) is 6. The SMILES string of the molecule is O=C(CCN1C(=O)c2ccccc2C1=O)N1CCN(C(=O)C2CCS(=O)(=O)C2)CC1. The maximum absolute atomic E-state index is 12.6. The van der Waals surface area contributed by atoms with Crippen LogP contribution in [-0.2, 0) is 19.4 Å². The lowest BCUT2D eigenvalue weighted by molar-refractivity contribution is -0.141. The molecule has 3 aliphatic rings. The summed E-state index contributed by atoms with van der Waals surface area (Å²) < 4.78 is 23.2. The van der Waals surface area contributed by atoms with E-state index in [4.69, 9.17) is 0 Å². The zero-order valence-corrected chi connectivity index (χ0v) is 17.3. The molecule has 30 heavy (non-hydrogen) atoms. The average Bonchev–Trinajstić information content (AvgIpc) is 3.23. The number of sulfone groups is 1. The van der Waals surface area contributed by atoms with Crippen LogP contribution in [0.15, 0.2) is 24.3 Å². The van der Waals surface area contributed by atoms with Gasteiger partial charge in [0.1, 0.15) is 0 Å². The number of amides is 4. The first-order valence-electron chi connectivity index (χ1n) is 9.99. The van der Waals surface area contributed by atoms with E-state index in [2.05, 4.69) is 0 Å². The molecule has 0 spiro atoms. The summed E-state index contributed by atoms with van der Waals surface area (Å²) >= 11 is 0. The van der Waals surface area contributed by atoms with Crippen molar-refractivity contribution >= 4 is 33.5 Å². The number of rotatable bonds is 4. The van der Waals surface area contributed by atoms with Crippen molar-refractivity contribution in [2.75, 3.05) is 44.2 Å². The number of carbonyl (C=O) groups is 4. The van der Waals surface area contributed by atoms with E-state index in [0.717, 1.165) is 4.90 Å². The van der Waals surface area contributed by atoms with Gasteiger partial charge in [-0.05, 0) is 18.6 Å². The van der Waals surface area contributed by atoms with E-state index < -0.39 is 15.8 Å². The largest absolute Gasteiger partial charge is 0.339 e. The predicted octanol–water partition coefficient (Wildman–Crippen LogP) is -0.222. The van der Waals surface area contributed by atoms with Crippen molar-refractivity contribution in [1.29, 1.82) is 0 Å². The summed E-state index contributed by atoms with van der Waals surface area (Å²) in [5, 5.41) is 0. The second-order valence-corrected chi connectivity index (χ2v) is 10.1. The smallest absolute Gasteiger partial charge is 0.261 e. The van der Waals surface area contributed by atoms with Gasteiger partial charge in [-0.25, -0.2) is 8.42 Å². The molecule has 2 saturated heterocycles. The van der Waals surface area contributed by atoms with Gasteiger partial charge in [0, 0.05) is 39.1 Å². The van der Waals surface area contributed by atoms with Gasteiger partial charge in [-0.3, -0.25) is 24.1 Å². The minimum Gasteiger partial charge on any atom is -0.339 e. The monoisotopic (exact) mass is 433 g/mol. The third-order valence-electron chi connectivity index (χ3n) is 5.95. The number of benzene rings is 1. The van der Waals surface area contributed by atoms with Crippen LogP contribution in [0.2, 0.25) is 0 Å². The van der Waals surface area contributed by atoms with Gasteiger partial charge >= 0.3 is 0 Å². The Morgan fingerprint density at radius 2 is 1.50 bits per heavy atom. The predicted molar refractivity (Wildman–Crippen MR) is 106 cm³/mol. The molecule has 0 saturated carbocycles. The molecule has 3 aliphatic heterocycles. The third kappa shape index (κ3) is 3.83. The lowest BCUT2D eigenvalue weighted by atomic mass is 10.1. The molecule has 4 rings (SSSR count). The summed E-state index contributed by atoms with van der Waals surface area (Å²) in [6.45, 7) is 1.44. The molecule has 4 amide bonds. The fourth-order valence-corrected chi connectivity index (χ4v) is 5.96. The third-order valence-corrected chi connectivity index (χ3v) is 7.72. The van der Waals surface area contributed by atoms with Crippen molar-refractivity contribution in [2.24, 2.45) is 5.92 Å². The zero-order chi connectivity index (χ0) is 21.5. The number of fused-ring (bicyclic) bond motifs is 1. The lowest BCUT2D eigenvalue weighted by Gasteiger charge is -2.36. The Morgan fingerprint density at radius 1 is 0.933 bits per heavy atom. The quantitative estimate of drug-likeness (QED) is 0.607. The lowest BCUT2D eigenvalue weighted by Crippen LogP contribution is -2.52. The molecular weight excluding hydrogens is 410 g/mol. The Labute approximate surface area is 174 Å². The maximum atomic E-state index is 12.6. The van der Waals surface area contributed by atoms with Crippen molar-refractivity contribution < 1.29 is 27.6 Å². The van der Waals surface area contributed by atoms with Crippen LogP contribution in [0.25, 0.3) is 0 Å². The van der Waals surface area contributed by atoms with Gasteiger partial charge in [-0.1, -0.05) is 12.1 Å². The van der Waals surface area contributed by atoms with Crippen LogP contribution < -0.4 is 0 Å². The zero-order valence-electron chi connectivity index (χ0n) is 16.5. The number of hydrogen-bond donors (Lipinski definition) is 0. The Morgan fingerprint density at radius 3 is 2.03 bits per heavy atom. The molecule has 1 atom stereocenters. The molecule has 0 aromatic heterocycles. The summed E-state index contributed by atoms with van der Waals surface area (Å²) in [6, 6.07) is 6.59. The second-order valence-electron chi connectivity index (χ2n) is 7.86. The Hall–Kier alpha value is -2.75. The average molecular weight is 433 g/mol. The highest BCUT2D eigenvalue weighted by atomic mass is 32.2. The van der Waals surface area contributed by atoms with Crippen LogP contribution in [0.1, 0.15) is 33.6 Å². The Kier molecular flexibility index (Phi) is 5.35. The van der Waals surface area contributed by atoms with Crippen LogP contribution in [0.5, 0.6) is 0 Å². The molecule has 1 aromatic carbocycles. The molecule has 1 unspecified atom stereocenters. The highest BCUT2D eigenvalue weighted by Crippen LogP contribution is 2.23. The van der Waals surface area contributed by atoms with E-state index in [0.29, 0.717) is 43.7 Å². The van der Waals surface area contributed by atoms with Crippen molar-refractivity contribution in [3.8, 4) is 0 Å². The summed E-state index contributed by atoms with van der Waals surface area (Å²) in [5.41, 5.74) is 0.715. The van der Waals surface area contributed by atoms with Crippen LogP contribution in [0.3, 0.4) is 0 Å². The summed E-state index contributed by atoms with van der Waals surface area (Å²) in [5.74, 6) is -1.62. The minimum atomic E-state index is -3.12. The fraction of sp³-hybridized carbons (Fsp3) is 0.500. The Bertz CT molecular complexity index is 978. The van der Waals surface area contributed by atoms with Crippen molar-refractivity contribution in [3.63, 3.8) is 0 Å². The molecule has 10 heteroatoms. The standard InChI is InChI=1S/C20H23N3O6S/c24-17(5-7-23-19(26)15-3-1-2-4-16(15)20(23)27)21-8-10-22(11-9-21)18(25)14-6-12-30(28,29)13-14/h1-4,14H,5-13H2. The normalized spacial score (nSPS) is 23.1. The molecule has 0 aliphatic carbocycles. The molecule has 0 bridgehead atoms. The van der Waals surface area contributed by atoms with Gasteiger partial charge in [0.15, 0.2) is 9.84 Å². The van der Waals surface area contributed by atoms with Gasteiger partial charge in [0.05, 0.1) is 28.6 Å². The molecule has 3 heterocycles. The number of piperazine rings is 1. The van der Waals surface area contributed by atoms with Gasteiger partial charge in [0.25, 0.3) is 11.8 Å². The van der Waals surface area contributed by atoms with Crippen molar-refractivity contribution in [3.05, 3.63) is 35.4 Å². The molecule has 0 N–H and O–H groups in total. The van der Waals surface area contributed by atoms with Gasteiger partial charge in [-0.2, -0.15) is 0 Å². The van der Waals surface area contributed by atoms with E-state index in [1.807, 2.05) is 0 Å². The molecular formula is C20H23N3O6S. The van der Waals surface area contributed by atoms with E-state index in [9.17, 15) is 27.6 Å². The van der Waals surface area contributed by atoms with Gasteiger partial charge in [-0.15, -0.1) is 0 Å². The molecule has 0 radical (unpaired) electrons. The van der Waals surface area contributed by atoms with Crippen molar-refractivity contribution in [2.45, 2.75) is 12.8 Å². The molecule has 9 nitrogen and oxygen atoms in total. The number of imide groups is 1. The maximum Gasteiger partial charge on any atom is 0.261 e. The number of carbonyl (C=O) groups excluding carboxylic acids is 4. The minimum absolute atomic E-state index is 0.0181. The summed E-state index contributed by atoms with van der Waals surface area (Å²) in [7, 11) is -3.12. The van der Waals surface area contributed by atoms with Crippen LogP contribution in [0.4, 0.5) is 0 Å². The topological polar surface area (TPSA) is 112 Å². The first-order chi connectivity index (χ1) is 14.3. The van der Waals surface area contributed by atoms with Crippen molar-refractivity contribution in [1.82, 2.24) is 14.7 Å². The van der Waals surface area contributed by atoms with E-state index in [-0.39, 0.29) is 48.1 Å². The molecule has 1 aromatic rings. The first-order valence-corrected chi connectivity index (χ1v) is 11.8. The number of nitrogens with zero attached hydrogens (tertiary/aromatic N) is 3. The van der Waals surface area contributed by atoms with Crippen LogP contribution in [-0.4, -0.2) is 91.0 Å². The van der Waals surface area contributed by atoms with E-state index in [1.165, 1.54) is 0 Å². The van der Waals surface area contributed by atoms with E-state index in [1.54, 1.807) is 34.1 Å². The van der Waals surface area contributed by atoms with Gasteiger partial charge < -0.3 is 9.80 Å². The Balaban J connectivity index is 1.27. The highest BCUT2D eigenvalue weighted by Gasteiger charge is 2.37. The van der Waals surface area contributed by atoms with Crippen LogP contribution in [0, 0.1) is 5.92 Å². The highest BCUT2D eigenvalue weighted by molar-refractivity contribution is 7.91. The summed E-state index contributed by atoms with van der Waals surface area (Å²) in [6.07, 6.45) is 0.390. The summed E-state index contributed by atoms with van der Waals surface area (Å²) in [4.78, 5) is 54.2. The van der Waals surface area contributed by atoms with Crippen LogP contribution >= 0.6 is 0 Å². The van der Waals surface area contributed by atoms with E-state index >= 15 is 0 Å². The fourth-order valence-electron chi connectivity index (χ4n) is 4.23. The second kappa shape index (κ2) is 7.82. The first kappa shape index (κ1) is 20.5.